The maximum atomic E-state index is 11.2. The Kier molecular flexibility index (Phi) is 5.62. The van der Waals surface area contributed by atoms with Gasteiger partial charge in [-0.25, -0.2) is 0 Å². The summed E-state index contributed by atoms with van der Waals surface area (Å²) in [4.78, 5) is 21.5. The van der Waals surface area contributed by atoms with Crippen LogP contribution in [0.3, 0.4) is 0 Å². The highest BCUT2D eigenvalue weighted by Gasteiger charge is 2.24. The standard InChI is InChI=1S/C12H15NO5S/c1-8(14)19-12(7-13(15)16)10-5-4-9(17-2)6-11(10)18-3/h4-6,12H,7H2,1-3H3/t12-/m0/s1. The van der Waals surface area contributed by atoms with E-state index >= 15 is 0 Å². The minimum atomic E-state index is -0.576. The molecule has 0 N–H and O–H groups in total. The van der Waals surface area contributed by atoms with Crippen molar-refractivity contribution in [2.45, 2.75) is 12.2 Å². The Labute approximate surface area is 115 Å². The molecule has 0 amide bonds. The molecule has 0 saturated heterocycles. The molecule has 0 heterocycles. The number of methoxy groups -OCH3 is 2. The first kappa shape index (κ1) is 15.3. The maximum Gasteiger partial charge on any atom is 0.220 e. The Morgan fingerprint density at radius 2 is 2.11 bits per heavy atom. The molecule has 19 heavy (non-hydrogen) atoms. The van der Waals surface area contributed by atoms with Gasteiger partial charge in [0.25, 0.3) is 0 Å². The molecule has 1 rings (SSSR count). The molecule has 0 spiro atoms. The third-order valence-electron chi connectivity index (χ3n) is 2.41. The van der Waals surface area contributed by atoms with Crippen molar-refractivity contribution in [3.63, 3.8) is 0 Å². The van der Waals surface area contributed by atoms with Gasteiger partial charge in [-0.15, -0.1) is 0 Å². The average molecular weight is 285 g/mol. The van der Waals surface area contributed by atoms with E-state index in [1.54, 1.807) is 18.2 Å². The summed E-state index contributed by atoms with van der Waals surface area (Å²) in [6, 6.07) is 5.01. The SMILES string of the molecule is COc1ccc([C@H](C[N+](=O)[O-])SC(C)=O)c(OC)c1. The lowest BCUT2D eigenvalue weighted by Crippen LogP contribution is -2.12. The molecule has 0 fully saturated rings. The van der Waals surface area contributed by atoms with Gasteiger partial charge in [0.05, 0.1) is 14.2 Å². The highest BCUT2D eigenvalue weighted by Crippen LogP contribution is 2.37. The third kappa shape index (κ3) is 4.44. The lowest BCUT2D eigenvalue weighted by atomic mass is 10.1. The third-order valence-corrected chi connectivity index (χ3v) is 3.43. The summed E-state index contributed by atoms with van der Waals surface area (Å²) in [6.45, 7) is 1.04. The van der Waals surface area contributed by atoms with Crippen LogP contribution in [0, 0.1) is 10.1 Å². The van der Waals surface area contributed by atoms with Crippen LogP contribution in [0.5, 0.6) is 11.5 Å². The topological polar surface area (TPSA) is 78.7 Å². The number of carbonyl (C=O) groups is 1. The second kappa shape index (κ2) is 6.98. The molecule has 1 aromatic carbocycles. The average Bonchev–Trinajstić information content (AvgIpc) is 2.36. The number of hydrogen-bond acceptors (Lipinski definition) is 6. The minimum absolute atomic E-state index is 0.176. The molecule has 0 aliphatic rings. The van der Waals surface area contributed by atoms with Crippen LogP contribution in [0.4, 0.5) is 0 Å². The number of ether oxygens (including phenoxy) is 2. The monoisotopic (exact) mass is 285 g/mol. The van der Waals surface area contributed by atoms with Gasteiger partial charge in [-0.3, -0.25) is 14.9 Å². The molecule has 1 atom stereocenters. The molecule has 0 radical (unpaired) electrons. The number of carbonyl (C=O) groups excluding carboxylic acids is 1. The summed E-state index contributed by atoms with van der Waals surface area (Å²) in [5.41, 5.74) is 0.611. The van der Waals surface area contributed by atoms with E-state index in [0.717, 1.165) is 11.8 Å². The predicted octanol–water partition coefficient (Wildman–Crippen LogP) is 2.30. The number of thioether (sulfide) groups is 1. The second-order valence-electron chi connectivity index (χ2n) is 3.72. The first-order valence-electron chi connectivity index (χ1n) is 5.49. The summed E-state index contributed by atoms with van der Waals surface area (Å²) in [6.07, 6.45) is 0. The molecular weight excluding hydrogens is 270 g/mol. The fraction of sp³-hybridized carbons (Fsp3) is 0.417. The zero-order valence-electron chi connectivity index (χ0n) is 10.9. The molecule has 0 aliphatic carbocycles. The van der Waals surface area contributed by atoms with E-state index < -0.39 is 10.2 Å². The van der Waals surface area contributed by atoms with Crippen LogP contribution in [0.15, 0.2) is 18.2 Å². The summed E-state index contributed by atoms with van der Waals surface area (Å²) in [5, 5.41) is 9.95. The van der Waals surface area contributed by atoms with Crippen molar-refractivity contribution in [2.24, 2.45) is 0 Å². The fourth-order valence-corrected chi connectivity index (χ4v) is 2.54. The smallest absolute Gasteiger partial charge is 0.220 e. The summed E-state index contributed by atoms with van der Waals surface area (Å²) in [7, 11) is 2.99. The Hall–Kier alpha value is -1.76. The fourth-order valence-electron chi connectivity index (χ4n) is 1.62. The van der Waals surface area contributed by atoms with Crippen molar-refractivity contribution in [1.29, 1.82) is 0 Å². The van der Waals surface area contributed by atoms with Crippen LogP contribution in [0.1, 0.15) is 17.7 Å². The van der Waals surface area contributed by atoms with Crippen LogP contribution >= 0.6 is 11.8 Å². The lowest BCUT2D eigenvalue weighted by molar-refractivity contribution is -0.479. The Balaban J connectivity index is 3.12. The van der Waals surface area contributed by atoms with Gasteiger partial charge in [0, 0.05) is 23.5 Å². The van der Waals surface area contributed by atoms with Crippen LogP contribution in [-0.4, -0.2) is 30.8 Å². The first-order chi connectivity index (χ1) is 8.97. The Morgan fingerprint density at radius 3 is 2.58 bits per heavy atom. The van der Waals surface area contributed by atoms with Gasteiger partial charge in [-0.05, 0) is 6.07 Å². The predicted molar refractivity (Wildman–Crippen MR) is 72.4 cm³/mol. The van der Waals surface area contributed by atoms with Gasteiger partial charge in [-0.1, -0.05) is 17.8 Å². The number of nitrogens with zero attached hydrogens (tertiary/aromatic N) is 1. The van der Waals surface area contributed by atoms with Gasteiger partial charge in [-0.2, -0.15) is 0 Å². The number of benzene rings is 1. The molecule has 0 aromatic heterocycles. The number of rotatable bonds is 6. The zero-order valence-corrected chi connectivity index (χ0v) is 11.7. The minimum Gasteiger partial charge on any atom is -0.497 e. The molecule has 0 saturated carbocycles. The highest BCUT2D eigenvalue weighted by atomic mass is 32.2. The van der Waals surface area contributed by atoms with Gasteiger partial charge in [0.1, 0.15) is 16.7 Å². The van der Waals surface area contributed by atoms with E-state index in [1.807, 2.05) is 0 Å². The van der Waals surface area contributed by atoms with Crippen molar-refractivity contribution in [3.05, 3.63) is 33.9 Å². The Bertz CT molecular complexity index is 461. The quantitative estimate of drug-likeness (QED) is 0.589. The second-order valence-corrected chi connectivity index (χ2v) is 5.10. The van der Waals surface area contributed by atoms with Crippen LogP contribution in [0.25, 0.3) is 0 Å². The van der Waals surface area contributed by atoms with Gasteiger partial charge >= 0.3 is 0 Å². The van der Waals surface area contributed by atoms with Crippen LogP contribution in [-0.2, 0) is 4.79 Å². The van der Waals surface area contributed by atoms with E-state index in [2.05, 4.69) is 0 Å². The van der Waals surface area contributed by atoms with Crippen molar-refractivity contribution in [3.8, 4) is 11.5 Å². The van der Waals surface area contributed by atoms with Crippen molar-refractivity contribution >= 4 is 16.9 Å². The van der Waals surface area contributed by atoms with Gasteiger partial charge in [0.15, 0.2) is 5.12 Å². The van der Waals surface area contributed by atoms with Crippen molar-refractivity contribution in [2.75, 3.05) is 20.8 Å². The summed E-state index contributed by atoms with van der Waals surface area (Å²) >= 11 is 0.923. The molecule has 6 nitrogen and oxygen atoms in total. The van der Waals surface area contributed by atoms with E-state index in [1.165, 1.54) is 21.1 Å². The normalized spacial score (nSPS) is 11.7. The molecule has 7 heteroatoms. The maximum absolute atomic E-state index is 11.2. The molecule has 0 aliphatic heterocycles. The first-order valence-corrected chi connectivity index (χ1v) is 6.36. The number of hydrogen-bond donors (Lipinski definition) is 0. The molecule has 0 bridgehead atoms. The van der Waals surface area contributed by atoms with Crippen molar-refractivity contribution < 1.29 is 19.2 Å². The largest absolute Gasteiger partial charge is 0.497 e. The summed E-state index contributed by atoms with van der Waals surface area (Å²) in [5.74, 6) is 1.06. The van der Waals surface area contributed by atoms with Crippen molar-refractivity contribution in [1.82, 2.24) is 0 Å². The van der Waals surface area contributed by atoms with E-state index in [4.69, 9.17) is 9.47 Å². The Morgan fingerprint density at radius 1 is 1.42 bits per heavy atom. The molecule has 104 valence electrons. The van der Waals surface area contributed by atoms with E-state index in [-0.39, 0.29) is 11.7 Å². The van der Waals surface area contributed by atoms with E-state index in [0.29, 0.717) is 17.1 Å². The van der Waals surface area contributed by atoms with E-state index in [9.17, 15) is 14.9 Å². The van der Waals surface area contributed by atoms with Gasteiger partial charge < -0.3 is 9.47 Å². The number of nitro groups is 1. The van der Waals surface area contributed by atoms with Crippen LogP contribution < -0.4 is 9.47 Å². The molecule has 0 unspecified atom stereocenters. The zero-order chi connectivity index (χ0) is 14.4. The van der Waals surface area contributed by atoms with Crippen LogP contribution in [0.2, 0.25) is 0 Å². The molecular formula is C12H15NO5S. The highest BCUT2D eigenvalue weighted by molar-refractivity contribution is 8.13. The van der Waals surface area contributed by atoms with Gasteiger partial charge in [0.2, 0.25) is 6.54 Å². The lowest BCUT2D eigenvalue weighted by Gasteiger charge is -2.15. The summed E-state index contributed by atoms with van der Waals surface area (Å²) < 4.78 is 10.3. The molecule has 1 aromatic rings.